The van der Waals surface area contributed by atoms with E-state index < -0.39 is 11.9 Å². The number of carbonyl (C=O) groups excluding carboxylic acids is 3. The molecule has 0 saturated heterocycles. The van der Waals surface area contributed by atoms with Crippen LogP contribution in [0.15, 0.2) is 6.07 Å². The van der Waals surface area contributed by atoms with Crippen LogP contribution >= 0.6 is 22.7 Å². The molecule has 172 valence electrons. The molecule has 2 N–H and O–H groups in total. The molecule has 0 radical (unpaired) electrons. The number of aryl methyl sites for hydroxylation is 3. The summed E-state index contributed by atoms with van der Waals surface area (Å²) < 4.78 is 10.3. The van der Waals surface area contributed by atoms with Crippen LogP contribution in [0.4, 0.5) is 5.00 Å². The number of hydrogen-bond donors (Lipinski definition) is 2. The first-order chi connectivity index (χ1) is 15.6. The Balaban J connectivity index is 1.40. The van der Waals surface area contributed by atoms with Crippen molar-refractivity contribution in [2.75, 3.05) is 32.2 Å². The van der Waals surface area contributed by atoms with Crippen molar-refractivity contribution in [1.29, 1.82) is 0 Å². The summed E-state index contributed by atoms with van der Waals surface area (Å²) >= 11 is 2.91. The highest BCUT2D eigenvalue weighted by molar-refractivity contribution is 7.17. The number of ether oxygens (including phenoxy) is 2. The van der Waals surface area contributed by atoms with E-state index in [9.17, 15) is 14.4 Å². The summed E-state index contributed by atoms with van der Waals surface area (Å²) in [5.74, 6) is -1.12. The highest BCUT2D eigenvalue weighted by Crippen LogP contribution is 2.38. The average molecular weight is 477 g/mol. The standard InChI is InChI=1S/C23H28N2O5S2/c1-29-11-10-24-21(27)20-15-7-3-5-9-17(15)32-22(20)25-19(26)13-30-23(28)18-12-14-6-2-4-8-16(14)31-18/h12H,2-11,13H2,1H3,(H,24,27)(H,25,26). The highest BCUT2D eigenvalue weighted by atomic mass is 32.1. The fourth-order valence-corrected chi connectivity index (χ4v) is 6.66. The third kappa shape index (κ3) is 5.22. The Morgan fingerprint density at radius 3 is 2.53 bits per heavy atom. The Bertz CT molecular complexity index is 987. The normalized spacial score (nSPS) is 14.9. The van der Waals surface area contributed by atoms with Gasteiger partial charge in [0.2, 0.25) is 0 Å². The lowest BCUT2D eigenvalue weighted by Crippen LogP contribution is -2.29. The number of hydrogen-bond acceptors (Lipinski definition) is 7. The number of carbonyl (C=O) groups is 3. The van der Waals surface area contributed by atoms with E-state index >= 15 is 0 Å². The van der Waals surface area contributed by atoms with E-state index in [1.807, 2.05) is 6.07 Å². The molecule has 2 amide bonds. The van der Waals surface area contributed by atoms with Gasteiger partial charge >= 0.3 is 5.97 Å². The van der Waals surface area contributed by atoms with E-state index in [-0.39, 0.29) is 12.5 Å². The van der Waals surface area contributed by atoms with Crippen LogP contribution in [0.3, 0.4) is 0 Å². The van der Waals surface area contributed by atoms with Crippen molar-refractivity contribution in [2.45, 2.75) is 51.4 Å². The van der Waals surface area contributed by atoms with Gasteiger partial charge in [0.25, 0.3) is 11.8 Å². The zero-order valence-electron chi connectivity index (χ0n) is 18.2. The van der Waals surface area contributed by atoms with Gasteiger partial charge in [-0.05, 0) is 68.6 Å². The van der Waals surface area contributed by atoms with Gasteiger partial charge in [0.15, 0.2) is 6.61 Å². The molecule has 9 heteroatoms. The number of anilines is 1. The van der Waals surface area contributed by atoms with Gasteiger partial charge in [-0.2, -0.15) is 0 Å². The van der Waals surface area contributed by atoms with Gasteiger partial charge in [-0.3, -0.25) is 9.59 Å². The van der Waals surface area contributed by atoms with Crippen molar-refractivity contribution in [3.8, 4) is 0 Å². The smallest absolute Gasteiger partial charge is 0.348 e. The third-order valence-electron chi connectivity index (χ3n) is 5.78. The number of nitrogens with one attached hydrogen (secondary N) is 2. The topological polar surface area (TPSA) is 93.7 Å². The van der Waals surface area contributed by atoms with E-state index in [0.29, 0.717) is 28.6 Å². The number of esters is 1. The fraction of sp³-hybridized carbons (Fsp3) is 0.522. The maximum atomic E-state index is 12.8. The summed E-state index contributed by atoms with van der Waals surface area (Å²) in [7, 11) is 1.58. The van der Waals surface area contributed by atoms with Gasteiger partial charge in [0.1, 0.15) is 9.88 Å². The Morgan fingerprint density at radius 1 is 1.00 bits per heavy atom. The predicted octanol–water partition coefficient (Wildman–Crippen LogP) is 3.74. The monoisotopic (exact) mass is 476 g/mol. The first-order valence-corrected chi connectivity index (χ1v) is 12.7. The Hall–Kier alpha value is -2.23. The molecule has 0 fully saturated rings. The van der Waals surface area contributed by atoms with Crippen molar-refractivity contribution in [3.05, 3.63) is 37.4 Å². The second-order valence-electron chi connectivity index (χ2n) is 8.05. The molecule has 7 nitrogen and oxygen atoms in total. The highest BCUT2D eigenvalue weighted by Gasteiger charge is 2.26. The van der Waals surface area contributed by atoms with Crippen LogP contribution in [0.1, 0.15) is 66.6 Å². The van der Waals surface area contributed by atoms with Crippen LogP contribution in [0.25, 0.3) is 0 Å². The first-order valence-electron chi connectivity index (χ1n) is 11.1. The molecule has 0 aromatic carbocycles. The van der Waals surface area contributed by atoms with Crippen molar-refractivity contribution < 1.29 is 23.9 Å². The first kappa shape index (κ1) is 22.9. The quantitative estimate of drug-likeness (QED) is 0.447. The molecule has 2 aromatic heterocycles. The Labute approximate surface area is 195 Å². The Kier molecular flexibility index (Phi) is 7.59. The second-order valence-corrected chi connectivity index (χ2v) is 10.3. The molecule has 2 aliphatic rings. The molecular formula is C23H28N2O5S2. The SMILES string of the molecule is COCCNC(=O)c1c(NC(=O)COC(=O)c2cc3c(s2)CCCC3)sc2c1CCCC2. The molecule has 4 rings (SSSR count). The van der Waals surface area contributed by atoms with Crippen LogP contribution in [0, 0.1) is 0 Å². The average Bonchev–Trinajstić information content (AvgIpc) is 3.38. The molecule has 0 spiro atoms. The summed E-state index contributed by atoms with van der Waals surface area (Å²) in [4.78, 5) is 40.7. The minimum atomic E-state index is -0.470. The predicted molar refractivity (Wildman–Crippen MR) is 125 cm³/mol. The van der Waals surface area contributed by atoms with Crippen molar-refractivity contribution in [1.82, 2.24) is 5.32 Å². The van der Waals surface area contributed by atoms with Crippen LogP contribution in [0.2, 0.25) is 0 Å². The lowest BCUT2D eigenvalue weighted by Gasteiger charge is -2.13. The van der Waals surface area contributed by atoms with Gasteiger partial charge in [0.05, 0.1) is 12.2 Å². The minimum Gasteiger partial charge on any atom is -0.451 e. The fourth-order valence-electron chi connectivity index (χ4n) is 4.21. The van der Waals surface area contributed by atoms with Crippen molar-refractivity contribution in [3.63, 3.8) is 0 Å². The molecule has 0 atom stereocenters. The summed E-state index contributed by atoms with van der Waals surface area (Å²) in [5.41, 5.74) is 2.78. The van der Waals surface area contributed by atoms with Gasteiger partial charge in [-0.1, -0.05) is 0 Å². The zero-order valence-corrected chi connectivity index (χ0v) is 19.8. The number of rotatable bonds is 8. The van der Waals surface area contributed by atoms with E-state index in [1.54, 1.807) is 7.11 Å². The van der Waals surface area contributed by atoms with Crippen molar-refractivity contribution >= 4 is 45.5 Å². The van der Waals surface area contributed by atoms with Crippen LogP contribution < -0.4 is 10.6 Å². The summed E-state index contributed by atoms with van der Waals surface area (Å²) in [6.07, 6.45) is 8.14. The number of amides is 2. The van der Waals surface area contributed by atoms with E-state index in [2.05, 4.69) is 10.6 Å². The maximum absolute atomic E-state index is 12.8. The third-order valence-corrected chi connectivity index (χ3v) is 8.20. The van der Waals surface area contributed by atoms with E-state index in [1.165, 1.54) is 33.1 Å². The number of thiophene rings is 2. The molecule has 32 heavy (non-hydrogen) atoms. The Morgan fingerprint density at radius 2 is 1.75 bits per heavy atom. The number of methoxy groups -OCH3 is 1. The van der Waals surface area contributed by atoms with Gasteiger partial charge in [-0.15, -0.1) is 22.7 Å². The van der Waals surface area contributed by atoms with E-state index in [4.69, 9.17) is 9.47 Å². The van der Waals surface area contributed by atoms with Crippen LogP contribution in [-0.4, -0.2) is 44.7 Å². The largest absolute Gasteiger partial charge is 0.451 e. The van der Waals surface area contributed by atoms with Crippen LogP contribution in [0.5, 0.6) is 0 Å². The van der Waals surface area contributed by atoms with E-state index in [0.717, 1.165) is 61.8 Å². The summed E-state index contributed by atoms with van der Waals surface area (Å²) in [6, 6.07) is 1.90. The van der Waals surface area contributed by atoms with Gasteiger partial charge < -0.3 is 20.1 Å². The molecular weight excluding hydrogens is 448 g/mol. The number of fused-ring (bicyclic) bond motifs is 2. The van der Waals surface area contributed by atoms with Crippen molar-refractivity contribution in [2.24, 2.45) is 0 Å². The molecule has 0 bridgehead atoms. The lowest BCUT2D eigenvalue weighted by molar-refractivity contribution is -0.119. The second kappa shape index (κ2) is 10.6. The zero-order chi connectivity index (χ0) is 22.5. The molecule has 2 heterocycles. The molecule has 2 aromatic rings. The molecule has 0 saturated carbocycles. The van der Waals surface area contributed by atoms with Gasteiger partial charge in [-0.25, -0.2) is 4.79 Å². The lowest BCUT2D eigenvalue weighted by atomic mass is 9.95. The maximum Gasteiger partial charge on any atom is 0.348 e. The summed E-state index contributed by atoms with van der Waals surface area (Å²) in [6.45, 7) is 0.437. The van der Waals surface area contributed by atoms with Crippen LogP contribution in [-0.2, 0) is 40.0 Å². The molecule has 2 aliphatic carbocycles. The summed E-state index contributed by atoms with van der Waals surface area (Å²) in [5, 5.41) is 6.19. The minimum absolute atomic E-state index is 0.210. The molecule has 0 unspecified atom stereocenters. The van der Waals surface area contributed by atoms with Gasteiger partial charge in [0, 0.05) is 23.4 Å². The molecule has 0 aliphatic heterocycles.